The van der Waals surface area contributed by atoms with Crippen LogP contribution in [0, 0.1) is 0 Å². The van der Waals surface area contributed by atoms with Gasteiger partial charge in [-0.3, -0.25) is 9.59 Å². The lowest BCUT2D eigenvalue weighted by Crippen LogP contribution is -2.31. The number of carbonyl (C=O) groups excluding carboxylic acids is 2. The fourth-order valence-corrected chi connectivity index (χ4v) is 4.58. The van der Waals surface area contributed by atoms with E-state index in [-0.39, 0.29) is 24.3 Å². The van der Waals surface area contributed by atoms with Crippen LogP contribution in [-0.4, -0.2) is 42.1 Å². The third-order valence-corrected chi connectivity index (χ3v) is 6.36. The number of hydrogen-bond acceptors (Lipinski definition) is 4. The molecule has 172 valence electrons. The Hall–Kier alpha value is -4.13. The quantitative estimate of drug-likeness (QED) is 0.437. The summed E-state index contributed by atoms with van der Waals surface area (Å²) in [6, 6.07) is 24.9. The zero-order chi connectivity index (χ0) is 23.7. The summed E-state index contributed by atoms with van der Waals surface area (Å²) >= 11 is 0. The van der Waals surface area contributed by atoms with Crippen molar-refractivity contribution in [1.82, 2.24) is 9.55 Å². The fourth-order valence-electron chi connectivity index (χ4n) is 4.58. The Balaban J connectivity index is 1.48. The van der Waals surface area contributed by atoms with Crippen molar-refractivity contribution in [3.8, 4) is 5.75 Å². The number of benzene rings is 3. The number of rotatable bonds is 6. The van der Waals surface area contributed by atoms with Crippen molar-refractivity contribution >= 4 is 34.2 Å². The van der Waals surface area contributed by atoms with Crippen LogP contribution < -0.4 is 14.5 Å². The first-order valence-corrected chi connectivity index (χ1v) is 11.3. The largest absolute Gasteiger partial charge is 0.495 e. The first kappa shape index (κ1) is 21.7. The van der Waals surface area contributed by atoms with Gasteiger partial charge in [0.25, 0.3) is 0 Å². The molecule has 0 spiro atoms. The molecule has 1 saturated heterocycles. The zero-order valence-electron chi connectivity index (χ0n) is 19.2. The lowest BCUT2D eigenvalue weighted by atomic mass is 10.1. The van der Waals surface area contributed by atoms with E-state index in [1.165, 1.54) is 0 Å². The molecule has 2 amide bonds. The second kappa shape index (κ2) is 9.02. The van der Waals surface area contributed by atoms with E-state index in [1.807, 2.05) is 83.4 Å². The van der Waals surface area contributed by atoms with Crippen LogP contribution in [0.2, 0.25) is 0 Å². The number of amides is 2. The van der Waals surface area contributed by atoms with E-state index >= 15 is 0 Å². The van der Waals surface area contributed by atoms with Gasteiger partial charge in [0.15, 0.2) is 0 Å². The number of likely N-dealkylation sites (N-methyl/N-ethyl adjacent to an activating group) is 1. The number of fused-ring (bicyclic) bond motifs is 1. The highest BCUT2D eigenvalue weighted by atomic mass is 16.5. The van der Waals surface area contributed by atoms with E-state index in [4.69, 9.17) is 9.72 Å². The lowest BCUT2D eigenvalue weighted by molar-refractivity contribution is -0.119. The molecule has 34 heavy (non-hydrogen) atoms. The van der Waals surface area contributed by atoms with E-state index in [2.05, 4.69) is 0 Å². The number of imidazole rings is 1. The molecule has 7 heteroatoms. The Bertz CT molecular complexity index is 1350. The molecular formula is C27H26N4O3. The van der Waals surface area contributed by atoms with E-state index in [1.54, 1.807) is 24.0 Å². The average molecular weight is 455 g/mol. The molecule has 0 radical (unpaired) electrons. The van der Waals surface area contributed by atoms with Crippen molar-refractivity contribution < 1.29 is 14.3 Å². The maximum absolute atomic E-state index is 13.2. The number of aromatic nitrogens is 2. The second-order valence-electron chi connectivity index (χ2n) is 8.41. The van der Waals surface area contributed by atoms with Gasteiger partial charge in [-0.25, -0.2) is 4.98 Å². The number of methoxy groups -OCH3 is 1. The van der Waals surface area contributed by atoms with Crippen molar-refractivity contribution in [2.45, 2.75) is 18.9 Å². The highest BCUT2D eigenvalue weighted by Crippen LogP contribution is 2.37. The van der Waals surface area contributed by atoms with Crippen molar-refractivity contribution in [2.75, 3.05) is 30.5 Å². The van der Waals surface area contributed by atoms with Crippen LogP contribution in [0.4, 0.5) is 11.4 Å². The van der Waals surface area contributed by atoms with Crippen molar-refractivity contribution in [3.63, 3.8) is 0 Å². The Labute approximate surface area is 198 Å². The number of carbonyl (C=O) groups is 2. The van der Waals surface area contributed by atoms with Crippen LogP contribution in [0.5, 0.6) is 5.75 Å². The van der Waals surface area contributed by atoms with Gasteiger partial charge < -0.3 is 19.1 Å². The maximum atomic E-state index is 13.2. The third-order valence-electron chi connectivity index (χ3n) is 6.36. The van der Waals surface area contributed by atoms with Gasteiger partial charge in [-0.2, -0.15) is 0 Å². The van der Waals surface area contributed by atoms with Crippen molar-refractivity contribution in [3.05, 3.63) is 84.7 Å². The molecule has 0 bridgehead atoms. The Morgan fingerprint density at radius 1 is 1.03 bits per heavy atom. The number of nitrogens with zero attached hydrogens (tertiary/aromatic N) is 4. The SMILES string of the molecule is COc1ccccc1N1CC(c2nc3ccccc3n2CC(=O)N(C)c2ccccc2)CC1=O. The summed E-state index contributed by atoms with van der Waals surface area (Å²) in [7, 11) is 3.38. The summed E-state index contributed by atoms with van der Waals surface area (Å²) in [6.07, 6.45) is 0.323. The molecule has 0 aliphatic carbocycles. The van der Waals surface area contributed by atoms with E-state index in [0.717, 1.165) is 28.2 Å². The molecule has 7 nitrogen and oxygen atoms in total. The van der Waals surface area contributed by atoms with Crippen LogP contribution in [0.15, 0.2) is 78.9 Å². The molecule has 3 aromatic carbocycles. The summed E-state index contributed by atoms with van der Waals surface area (Å²) in [6.45, 7) is 0.617. The monoisotopic (exact) mass is 454 g/mol. The molecule has 0 N–H and O–H groups in total. The smallest absolute Gasteiger partial charge is 0.246 e. The number of hydrogen-bond donors (Lipinski definition) is 0. The van der Waals surface area contributed by atoms with Gasteiger partial charge in [-0.15, -0.1) is 0 Å². The molecule has 1 atom stereocenters. The molecule has 1 unspecified atom stereocenters. The third kappa shape index (κ3) is 3.90. The highest BCUT2D eigenvalue weighted by Gasteiger charge is 2.36. The summed E-state index contributed by atoms with van der Waals surface area (Å²) < 4.78 is 7.43. The predicted molar refractivity (Wildman–Crippen MR) is 132 cm³/mol. The lowest BCUT2D eigenvalue weighted by Gasteiger charge is -2.21. The predicted octanol–water partition coefficient (Wildman–Crippen LogP) is 4.23. The highest BCUT2D eigenvalue weighted by molar-refractivity contribution is 5.98. The van der Waals surface area contributed by atoms with Gasteiger partial charge >= 0.3 is 0 Å². The Morgan fingerprint density at radius 2 is 1.74 bits per heavy atom. The Morgan fingerprint density at radius 3 is 2.53 bits per heavy atom. The van der Waals surface area contributed by atoms with Crippen LogP contribution in [0.3, 0.4) is 0 Å². The van der Waals surface area contributed by atoms with Gasteiger partial charge in [0.2, 0.25) is 11.8 Å². The van der Waals surface area contributed by atoms with E-state index in [9.17, 15) is 9.59 Å². The van der Waals surface area contributed by atoms with Crippen molar-refractivity contribution in [2.24, 2.45) is 0 Å². The fraction of sp³-hybridized carbons (Fsp3) is 0.222. The summed E-state index contributed by atoms with van der Waals surface area (Å²) in [4.78, 5) is 34.5. The average Bonchev–Trinajstić information content (AvgIpc) is 3.44. The number of para-hydroxylation sites is 5. The molecule has 5 rings (SSSR count). The molecule has 1 fully saturated rings. The topological polar surface area (TPSA) is 67.7 Å². The van der Waals surface area contributed by atoms with Crippen LogP contribution >= 0.6 is 0 Å². The van der Waals surface area contributed by atoms with Gasteiger partial charge in [0.1, 0.15) is 18.1 Å². The molecule has 4 aromatic rings. The summed E-state index contributed by atoms with van der Waals surface area (Å²) in [5.74, 6) is 1.23. The number of ether oxygens (including phenoxy) is 1. The molecule has 2 heterocycles. The molecule has 1 aromatic heterocycles. The summed E-state index contributed by atoms with van der Waals surface area (Å²) in [5, 5.41) is 0. The maximum Gasteiger partial charge on any atom is 0.246 e. The minimum absolute atomic E-state index is 0.0147. The Kier molecular flexibility index (Phi) is 5.76. The van der Waals surface area contributed by atoms with E-state index in [0.29, 0.717) is 18.7 Å². The van der Waals surface area contributed by atoms with Gasteiger partial charge in [-0.1, -0.05) is 42.5 Å². The van der Waals surface area contributed by atoms with Crippen LogP contribution in [0.1, 0.15) is 18.2 Å². The van der Waals surface area contributed by atoms with Crippen LogP contribution in [0.25, 0.3) is 11.0 Å². The summed E-state index contributed by atoms with van der Waals surface area (Å²) in [5.41, 5.74) is 3.28. The molecule has 1 aliphatic heterocycles. The number of anilines is 2. The molecular weight excluding hydrogens is 428 g/mol. The standard InChI is InChI=1S/C27H26N4O3/c1-29(20-10-4-3-5-11-20)26(33)18-31-22-13-7-6-12-21(22)28-27(31)19-16-25(32)30(17-19)23-14-8-9-15-24(23)34-2/h3-15,19H,16-18H2,1-2H3. The first-order chi connectivity index (χ1) is 16.6. The minimum atomic E-state index is -0.139. The normalized spacial score (nSPS) is 15.6. The van der Waals surface area contributed by atoms with Gasteiger partial charge in [0, 0.05) is 31.6 Å². The second-order valence-corrected chi connectivity index (χ2v) is 8.41. The first-order valence-electron chi connectivity index (χ1n) is 11.3. The molecule has 0 saturated carbocycles. The molecule has 1 aliphatic rings. The zero-order valence-corrected chi connectivity index (χ0v) is 19.2. The van der Waals surface area contributed by atoms with Crippen molar-refractivity contribution in [1.29, 1.82) is 0 Å². The minimum Gasteiger partial charge on any atom is -0.495 e. The van der Waals surface area contributed by atoms with Gasteiger partial charge in [0.05, 0.1) is 23.8 Å². The van der Waals surface area contributed by atoms with Gasteiger partial charge in [-0.05, 0) is 36.4 Å². The van der Waals surface area contributed by atoms with Crippen LogP contribution in [-0.2, 0) is 16.1 Å². The van der Waals surface area contributed by atoms with E-state index < -0.39 is 0 Å².